The van der Waals surface area contributed by atoms with Crippen LogP contribution in [0.25, 0.3) is 0 Å². The minimum atomic E-state index is -0.235. The summed E-state index contributed by atoms with van der Waals surface area (Å²) in [4.78, 5) is 2.02. The van der Waals surface area contributed by atoms with Crippen molar-refractivity contribution in [3.05, 3.63) is 29.6 Å². The van der Waals surface area contributed by atoms with Crippen LogP contribution in [0.3, 0.4) is 0 Å². The molecule has 1 unspecified atom stereocenters. The van der Waals surface area contributed by atoms with Crippen molar-refractivity contribution in [2.24, 2.45) is 5.41 Å². The van der Waals surface area contributed by atoms with Crippen molar-refractivity contribution in [2.75, 3.05) is 18.0 Å². The van der Waals surface area contributed by atoms with Gasteiger partial charge < -0.3 is 15.3 Å². The van der Waals surface area contributed by atoms with Crippen molar-refractivity contribution < 1.29 is 9.50 Å². The predicted molar refractivity (Wildman–Crippen MR) is 89.6 cm³/mol. The van der Waals surface area contributed by atoms with E-state index in [2.05, 4.69) is 33.0 Å². The van der Waals surface area contributed by atoms with Crippen molar-refractivity contribution in [1.29, 1.82) is 0 Å². The Morgan fingerprint density at radius 1 is 1.32 bits per heavy atom. The molecule has 0 radical (unpaired) electrons. The average molecular weight is 308 g/mol. The standard InChI is InChI=1S/C18H29FN2O/c1-13(18(2,3)4)20-12-14-5-6-17(16(19)11-14)21-9-7-15(22)8-10-21/h5-6,11,13,15,20,22H,7-10,12H2,1-4H3. The molecule has 1 atom stereocenters. The zero-order valence-corrected chi connectivity index (χ0v) is 14.2. The van der Waals surface area contributed by atoms with E-state index in [0.717, 1.165) is 18.7 Å². The Hall–Kier alpha value is -1.13. The van der Waals surface area contributed by atoms with Gasteiger partial charge in [0.2, 0.25) is 0 Å². The number of aliphatic hydroxyl groups is 1. The van der Waals surface area contributed by atoms with Gasteiger partial charge in [-0.2, -0.15) is 0 Å². The Bertz CT molecular complexity index is 490. The zero-order valence-electron chi connectivity index (χ0n) is 14.2. The lowest BCUT2D eigenvalue weighted by Gasteiger charge is -2.32. The summed E-state index contributed by atoms with van der Waals surface area (Å²) >= 11 is 0. The minimum Gasteiger partial charge on any atom is -0.393 e. The highest BCUT2D eigenvalue weighted by atomic mass is 19.1. The van der Waals surface area contributed by atoms with Gasteiger partial charge in [0.25, 0.3) is 0 Å². The summed E-state index contributed by atoms with van der Waals surface area (Å²) in [5, 5.41) is 13.0. The highest BCUT2D eigenvalue weighted by molar-refractivity contribution is 5.49. The van der Waals surface area contributed by atoms with Crippen LogP contribution in [0, 0.1) is 11.2 Å². The summed E-state index contributed by atoms with van der Waals surface area (Å²) in [5.74, 6) is -0.167. The van der Waals surface area contributed by atoms with Crippen LogP contribution in [0.1, 0.15) is 46.1 Å². The first kappa shape index (κ1) is 17.2. The Balaban J connectivity index is 1.98. The van der Waals surface area contributed by atoms with Crippen LogP contribution in [0.2, 0.25) is 0 Å². The summed E-state index contributed by atoms with van der Waals surface area (Å²) in [6.45, 7) is 10.9. The normalized spacial score (nSPS) is 18.5. The van der Waals surface area contributed by atoms with E-state index in [1.54, 1.807) is 6.07 Å². The van der Waals surface area contributed by atoms with E-state index >= 15 is 0 Å². The lowest BCUT2D eigenvalue weighted by atomic mass is 9.88. The van der Waals surface area contributed by atoms with E-state index in [9.17, 15) is 9.50 Å². The average Bonchev–Trinajstić information content (AvgIpc) is 2.45. The molecule has 1 heterocycles. The topological polar surface area (TPSA) is 35.5 Å². The maximum Gasteiger partial charge on any atom is 0.146 e. The Morgan fingerprint density at radius 2 is 1.95 bits per heavy atom. The molecular weight excluding hydrogens is 279 g/mol. The second-order valence-corrected chi connectivity index (χ2v) is 7.47. The van der Waals surface area contributed by atoms with Gasteiger partial charge in [0.15, 0.2) is 0 Å². The van der Waals surface area contributed by atoms with Gasteiger partial charge in [0.1, 0.15) is 5.82 Å². The fourth-order valence-corrected chi connectivity index (χ4v) is 2.60. The molecular formula is C18H29FN2O. The van der Waals surface area contributed by atoms with Crippen LogP contribution in [0.4, 0.5) is 10.1 Å². The van der Waals surface area contributed by atoms with Crippen LogP contribution in [-0.4, -0.2) is 30.3 Å². The number of halogens is 1. The second kappa shape index (κ2) is 6.97. The number of benzene rings is 1. The largest absolute Gasteiger partial charge is 0.393 e. The third-order valence-corrected chi connectivity index (χ3v) is 4.73. The summed E-state index contributed by atoms with van der Waals surface area (Å²) in [5.41, 5.74) is 1.81. The SMILES string of the molecule is CC(NCc1ccc(N2CCC(O)CC2)c(F)c1)C(C)(C)C. The number of anilines is 1. The summed E-state index contributed by atoms with van der Waals surface area (Å²) in [6, 6.07) is 5.85. The third kappa shape index (κ3) is 4.43. The van der Waals surface area contributed by atoms with Crippen LogP contribution in [-0.2, 0) is 6.54 Å². The van der Waals surface area contributed by atoms with Crippen molar-refractivity contribution in [3.8, 4) is 0 Å². The van der Waals surface area contributed by atoms with Crippen LogP contribution >= 0.6 is 0 Å². The van der Waals surface area contributed by atoms with Crippen molar-refractivity contribution in [3.63, 3.8) is 0 Å². The number of nitrogens with one attached hydrogen (secondary N) is 1. The lowest BCUT2D eigenvalue weighted by Crippen LogP contribution is -2.37. The lowest BCUT2D eigenvalue weighted by molar-refractivity contribution is 0.145. The number of hydrogen-bond acceptors (Lipinski definition) is 3. The number of nitrogens with zero attached hydrogens (tertiary/aromatic N) is 1. The molecule has 1 fully saturated rings. The second-order valence-electron chi connectivity index (χ2n) is 7.47. The zero-order chi connectivity index (χ0) is 16.3. The van der Waals surface area contributed by atoms with Gasteiger partial charge in [0.05, 0.1) is 11.8 Å². The summed E-state index contributed by atoms with van der Waals surface area (Å²) in [6.07, 6.45) is 1.19. The highest BCUT2D eigenvalue weighted by Crippen LogP contribution is 2.25. The molecule has 0 bridgehead atoms. The van der Waals surface area contributed by atoms with E-state index in [0.29, 0.717) is 31.1 Å². The van der Waals surface area contributed by atoms with Crippen LogP contribution in [0.5, 0.6) is 0 Å². The first-order valence-electron chi connectivity index (χ1n) is 8.22. The maximum atomic E-state index is 14.4. The molecule has 0 aromatic heterocycles. The quantitative estimate of drug-likeness (QED) is 0.896. The molecule has 124 valence electrons. The third-order valence-electron chi connectivity index (χ3n) is 4.73. The smallest absolute Gasteiger partial charge is 0.146 e. The van der Waals surface area contributed by atoms with Gasteiger partial charge in [-0.15, -0.1) is 0 Å². The number of piperidine rings is 1. The van der Waals surface area contributed by atoms with Gasteiger partial charge >= 0.3 is 0 Å². The van der Waals surface area contributed by atoms with E-state index in [1.165, 1.54) is 0 Å². The molecule has 2 rings (SSSR count). The fraction of sp³-hybridized carbons (Fsp3) is 0.667. The molecule has 0 spiro atoms. The van der Waals surface area contributed by atoms with Crippen LogP contribution < -0.4 is 10.2 Å². The summed E-state index contributed by atoms with van der Waals surface area (Å²) in [7, 11) is 0. The molecule has 4 heteroatoms. The Labute approximate surface area is 133 Å². The van der Waals surface area contributed by atoms with Gasteiger partial charge in [0, 0.05) is 25.7 Å². The van der Waals surface area contributed by atoms with E-state index < -0.39 is 0 Å². The minimum absolute atomic E-state index is 0.167. The number of rotatable bonds is 4. The Morgan fingerprint density at radius 3 is 2.50 bits per heavy atom. The molecule has 0 amide bonds. The van der Waals surface area contributed by atoms with Crippen molar-refractivity contribution in [2.45, 2.75) is 59.2 Å². The van der Waals surface area contributed by atoms with Gasteiger partial charge in [-0.05, 0) is 42.9 Å². The maximum absolute atomic E-state index is 14.4. The molecule has 2 N–H and O–H groups in total. The van der Waals surface area contributed by atoms with Gasteiger partial charge in [-0.3, -0.25) is 0 Å². The van der Waals surface area contributed by atoms with E-state index in [-0.39, 0.29) is 17.3 Å². The first-order chi connectivity index (χ1) is 10.3. The first-order valence-corrected chi connectivity index (χ1v) is 8.22. The molecule has 0 saturated carbocycles. The molecule has 0 aliphatic carbocycles. The number of aliphatic hydroxyl groups excluding tert-OH is 1. The van der Waals surface area contributed by atoms with Gasteiger partial charge in [-0.1, -0.05) is 26.8 Å². The van der Waals surface area contributed by atoms with Gasteiger partial charge in [-0.25, -0.2) is 4.39 Å². The molecule has 1 aliphatic heterocycles. The van der Waals surface area contributed by atoms with Crippen LogP contribution in [0.15, 0.2) is 18.2 Å². The van der Waals surface area contributed by atoms with Crippen molar-refractivity contribution >= 4 is 5.69 Å². The van der Waals surface area contributed by atoms with Crippen molar-refractivity contribution in [1.82, 2.24) is 5.32 Å². The van der Waals surface area contributed by atoms with E-state index in [4.69, 9.17) is 0 Å². The predicted octanol–water partition coefficient (Wildman–Crippen LogP) is 3.31. The molecule has 1 aromatic rings. The highest BCUT2D eigenvalue weighted by Gasteiger charge is 2.21. The monoisotopic (exact) mass is 308 g/mol. The molecule has 1 aromatic carbocycles. The molecule has 3 nitrogen and oxygen atoms in total. The molecule has 1 saturated heterocycles. The summed E-state index contributed by atoms with van der Waals surface area (Å²) < 4.78 is 14.4. The fourth-order valence-electron chi connectivity index (χ4n) is 2.60. The van der Waals surface area contributed by atoms with E-state index in [1.807, 2.05) is 17.0 Å². The molecule has 1 aliphatic rings. The molecule has 22 heavy (non-hydrogen) atoms. The number of hydrogen-bond donors (Lipinski definition) is 2. The Kier molecular flexibility index (Phi) is 5.45.